The number of carbonyl (C=O) groups is 2. The molecule has 0 unspecified atom stereocenters. The number of aryl methyl sites for hydroxylation is 1. The molecule has 1 aromatic carbocycles. The number of aromatic nitrogens is 2. The fourth-order valence-corrected chi connectivity index (χ4v) is 6.18. The van der Waals surface area contributed by atoms with Crippen molar-refractivity contribution in [1.29, 1.82) is 0 Å². The average molecular weight is 551 g/mol. The van der Waals surface area contributed by atoms with E-state index in [1.807, 2.05) is 35.2 Å². The molecule has 6 nitrogen and oxygen atoms in total. The summed E-state index contributed by atoms with van der Waals surface area (Å²) in [5.74, 6) is 2.18. The number of hydrogen-bond donors (Lipinski definition) is 0. The monoisotopic (exact) mass is 550 g/mol. The zero-order chi connectivity index (χ0) is 27.9. The van der Waals surface area contributed by atoms with Gasteiger partial charge in [-0.3, -0.25) is 9.59 Å². The Morgan fingerprint density at radius 1 is 0.949 bits per heavy atom. The molecule has 1 aliphatic heterocycles. The van der Waals surface area contributed by atoms with E-state index in [-0.39, 0.29) is 11.7 Å². The summed E-state index contributed by atoms with van der Waals surface area (Å²) >= 11 is 1.50. The van der Waals surface area contributed by atoms with Gasteiger partial charge >= 0.3 is 0 Å². The van der Waals surface area contributed by atoms with Crippen LogP contribution in [0.5, 0.6) is 0 Å². The van der Waals surface area contributed by atoms with Crippen molar-refractivity contribution < 1.29 is 9.59 Å². The minimum atomic E-state index is 0.0785. The van der Waals surface area contributed by atoms with Crippen LogP contribution in [0.15, 0.2) is 30.3 Å². The lowest BCUT2D eigenvalue weighted by atomic mass is 10.1. The standard InChI is InChI=1S/C32H46N4O2S/c1-23(2)14-20-35(21-15-24(3)4)32(38)26-10-11-27-28(22-26)36(19-9-18-34-16-7-6-8-17-34)31(33-27)30-13-12-29(39-30)25(5)37/h10-13,22-24H,6-9,14-21H2,1-5H3. The van der Waals surface area contributed by atoms with Crippen LogP contribution >= 0.6 is 11.3 Å². The van der Waals surface area contributed by atoms with Gasteiger partial charge in [0.1, 0.15) is 0 Å². The maximum Gasteiger partial charge on any atom is 0.253 e. The second kappa shape index (κ2) is 13.7. The quantitative estimate of drug-likeness (QED) is 0.208. The average Bonchev–Trinajstić information content (AvgIpc) is 3.54. The highest BCUT2D eigenvalue weighted by Gasteiger charge is 2.21. The Morgan fingerprint density at radius 2 is 1.64 bits per heavy atom. The number of amides is 1. The van der Waals surface area contributed by atoms with E-state index in [9.17, 15) is 9.59 Å². The van der Waals surface area contributed by atoms with Crippen LogP contribution in [0.3, 0.4) is 0 Å². The van der Waals surface area contributed by atoms with Gasteiger partial charge in [-0.1, -0.05) is 34.1 Å². The van der Waals surface area contributed by atoms with Crippen molar-refractivity contribution in [2.75, 3.05) is 32.7 Å². The van der Waals surface area contributed by atoms with E-state index < -0.39 is 0 Å². The predicted octanol–water partition coefficient (Wildman–Crippen LogP) is 7.38. The van der Waals surface area contributed by atoms with Crippen molar-refractivity contribution in [2.45, 2.75) is 79.7 Å². The number of benzene rings is 1. The van der Waals surface area contributed by atoms with E-state index in [4.69, 9.17) is 4.98 Å². The Balaban J connectivity index is 1.65. The Morgan fingerprint density at radius 3 is 2.26 bits per heavy atom. The van der Waals surface area contributed by atoms with Crippen molar-refractivity contribution in [3.63, 3.8) is 0 Å². The molecule has 0 aliphatic carbocycles. The lowest BCUT2D eigenvalue weighted by Gasteiger charge is -2.26. The Bertz CT molecular complexity index is 1240. The van der Waals surface area contributed by atoms with Crippen molar-refractivity contribution >= 4 is 34.1 Å². The maximum atomic E-state index is 13.8. The van der Waals surface area contributed by atoms with Gasteiger partial charge < -0.3 is 14.4 Å². The van der Waals surface area contributed by atoms with E-state index in [2.05, 4.69) is 37.2 Å². The van der Waals surface area contributed by atoms with Crippen molar-refractivity contribution in [3.8, 4) is 10.7 Å². The summed E-state index contributed by atoms with van der Waals surface area (Å²) in [7, 11) is 0. The SMILES string of the molecule is CC(=O)c1ccc(-c2nc3ccc(C(=O)N(CCC(C)C)CCC(C)C)cc3n2CCCN2CCCCC2)s1. The molecule has 4 rings (SSSR count). The van der Waals surface area contributed by atoms with E-state index >= 15 is 0 Å². The number of hydrogen-bond acceptors (Lipinski definition) is 5. The first-order valence-corrected chi connectivity index (χ1v) is 15.7. The summed E-state index contributed by atoms with van der Waals surface area (Å²) in [4.78, 5) is 37.1. The minimum Gasteiger partial charge on any atom is -0.339 e. The number of piperidine rings is 1. The number of likely N-dealkylation sites (tertiary alicyclic amines) is 1. The van der Waals surface area contributed by atoms with Crippen molar-refractivity contribution in [2.24, 2.45) is 11.8 Å². The molecule has 0 saturated carbocycles. The molecule has 0 N–H and O–H groups in total. The third-order valence-electron chi connectivity index (χ3n) is 7.71. The fourth-order valence-electron chi connectivity index (χ4n) is 5.28. The second-order valence-electron chi connectivity index (χ2n) is 11.9. The number of rotatable bonds is 13. The number of ketones is 1. The van der Waals surface area contributed by atoms with Gasteiger partial charge in [0.05, 0.1) is 20.8 Å². The minimum absolute atomic E-state index is 0.0785. The molecule has 2 aromatic heterocycles. The molecular weight excluding hydrogens is 504 g/mol. The number of Topliss-reactive ketones (excluding diaryl/α,β-unsaturated/α-hetero) is 1. The smallest absolute Gasteiger partial charge is 0.253 e. The van der Waals surface area contributed by atoms with Crippen molar-refractivity contribution in [3.05, 3.63) is 40.8 Å². The summed E-state index contributed by atoms with van der Waals surface area (Å²) in [5, 5.41) is 0. The largest absolute Gasteiger partial charge is 0.339 e. The maximum absolute atomic E-state index is 13.8. The molecule has 7 heteroatoms. The van der Waals surface area contributed by atoms with Gasteiger partial charge in [-0.2, -0.15) is 0 Å². The fraction of sp³-hybridized carbons (Fsp3) is 0.594. The lowest BCUT2D eigenvalue weighted by Crippen LogP contribution is -2.34. The van der Waals surface area contributed by atoms with Crippen LogP contribution in [0.1, 0.15) is 93.2 Å². The summed E-state index contributed by atoms with van der Waals surface area (Å²) < 4.78 is 2.28. The topological polar surface area (TPSA) is 58.4 Å². The molecule has 1 saturated heterocycles. The van der Waals surface area contributed by atoms with Gasteiger partial charge in [0.2, 0.25) is 0 Å². The predicted molar refractivity (Wildman–Crippen MR) is 163 cm³/mol. The number of carbonyl (C=O) groups excluding carboxylic acids is 2. The van der Waals surface area contributed by atoms with Gasteiger partial charge in [0.15, 0.2) is 11.6 Å². The number of nitrogens with zero attached hydrogens (tertiary/aromatic N) is 4. The lowest BCUT2D eigenvalue weighted by molar-refractivity contribution is 0.0740. The van der Waals surface area contributed by atoms with Gasteiger partial charge in [-0.05, 0) is 101 Å². The highest BCUT2D eigenvalue weighted by Crippen LogP contribution is 2.32. The zero-order valence-electron chi connectivity index (χ0n) is 24.5. The summed E-state index contributed by atoms with van der Waals surface area (Å²) in [6, 6.07) is 9.89. The van der Waals surface area contributed by atoms with Crippen molar-refractivity contribution in [1.82, 2.24) is 19.4 Å². The third-order valence-corrected chi connectivity index (χ3v) is 8.90. The van der Waals surface area contributed by atoms with Crippen LogP contribution in [-0.4, -0.2) is 63.8 Å². The normalized spacial score (nSPS) is 14.5. The van der Waals surface area contributed by atoms with Crippen LogP contribution in [0.25, 0.3) is 21.7 Å². The van der Waals surface area contributed by atoms with Crippen LogP contribution in [0, 0.1) is 11.8 Å². The Labute approximate surface area is 238 Å². The second-order valence-corrected chi connectivity index (χ2v) is 13.0. The third kappa shape index (κ3) is 7.79. The number of fused-ring (bicyclic) bond motifs is 1. The summed E-state index contributed by atoms with van der Waals surface area (Å²) in [6.07, 6.45) is 6.95. The zero-order valence-corrected chi connectivity index (χ0v) is 25.4. The molecule has 3 aromatic rings. The number of imidazole rings is 1. The molecule has 0 radical (unpaired) electrons. The van der Waals surface area contributed by atoms with E-state index in [0.29, 0.717) is 11.8 Å². The van der Waals surface area contributed by atoms with Gasteiger partial charge in [-0.15, -0.1) is 11.3 Å². The molecule has 212 valence electrons. The highest BCUT2D eigenvalue weighted by molar-refractivity contribution is 7.17. The highest BCUT2D eigenvalue weighted by atomic mass is 32.1. The molecule has 1 aliphatic rings. The Hall–Kier alpha value is -2.51. The van der Waals surface area contributed by atoms with Gasteiger partial charge in [0, 0.05) is 25.2 Å². The molecule has 0 atom stereocenters. The number of thiophene rings is 1. The van der Waals surface area contributed by atoms with Crippen LogP contribution in [0.4, 0.5) is 0 Å². The molecule has 0 bridgehead atoms. The first-order chi connectivity index (χ1) is 18.7. The molecule has 3 heterocycles. The molecule has 1 amide bonds. The van der Waals surface area contributed by atoms with Crippen LogP contribution in [-0.2, 0) is 6.54 Å². The first kappa shape index (κ1) is 29.5. The van der Waals surface area contributed by atoms with Crippen LogP contribution in [0.2, 0.25) is 0 Å². The molecule has 39 heavy (non-hydrogen) atoms. The molecule has 1 fully saturated rings. The Kier molecular flexibility index (Phi) is 10.4. The van der Waals surface area contributed by atoms with Crippen LogP contribution < -0.4 is 0 Å². The van der Waals surface area contributed by atoms with E-state index in [1.165, 1.54) is 43.7 Å². The summed E-state index contributed by atoms with van der Waals surface area (Å²) in [6.45, 7) is 16.3. The van der Waals surface area contributed by atoms with Gasteiger partial charge in [-0.25, -0.2) is 4.98 Å². The van der Waals surface area contributed by atoms with E-state index in [1.54, 1.807) is 6.92 Å². The molecule has 0 spiro atoms. The summed E-state index contributed by atoms with van der Waals surface area (Å²) in [5.41, 5.74) is 2.63. The first-order valence-electron chi connectivity index (χ1n) is 14.9. The van der Waals surface area contributed by atoms with Gasteiger partial charge in [0.25, 0.3) is 5.91 Å². The van der Waals surface area contributed by atoms with E-state index in [0.717, 1.165) is 77.6 Å². The molecular formula is C32H46N4O2S.